The van der Waals surface area contributed by atoms with Crippen LogP contribution in [0.4, 0.5) is 5.69 Å². The number of hydrogen-bond acceptors (Lipinski definition) is 5. The van der Waals surface area contributed by atoms with Crippen LogP contribution in [-0.4, -0.2) is 33.4 Å². The Morgan fingerprint density at radius 1 is 1.11 bits per heavy atom. The van der Waals surface area contributed by atoms with Crippen molar-refractivity contribution >= 4 is 17.4 Å². The van der Waals surface area contributed by atoms with E-state index in [4.69, 9.17) is 4.74 Å². The van der Waals surface area contributed by atoms with E-state index in [0.29, 0.717) is 12.3 Å². The van der Waals surface area contributed by atoms with E-state index in [2.05, 4.69) is 27.5 Å². The lowest BCUT2D eigenvalue weighted by atomic mass is 10.1. The molecule has 140 valence electrons. The number of anilines is 1. The fraction of sp³-hybridized carbons (Fsp3) is 0.0909. The average Bonchev–Trinajstić information content (AvgIpc) is 3.21. The number of aromatic hydroxyl groups is 1. The number of phenolic OH excluding ortho intramolecular Hbond substituents is 1. The number of nitrogens with one attached hydrogen (secondary N) is 1. The molecule has 0 fully saturated rings. The monoisotopic (exact) mass is 372 g/mol. The molecule has 0 aliphatic rings. The molecule has 28 heavy (non-hydrogen) atoms. The zero-order valence-corrected chi connectivity index (χ0v) is 15.4. The maximum absolute atomic E-state index is 9.66. The summed E-state index contributed by atoms with van der Waals surface area (Å²) >= 11 is 0. The molecule has 0 aliphatic carbocycles. The van der Waals surface area contributed by atoms with Gasteiger partial charge in [0.15, 0.2) is 17.1 Å². The number of rotatable bonds is 6. The molecule has 0 atom stereocenters. The zero-order chi connectivity index (χ0) is 19.3. The second-order valence-corrected chi connectivity index (χ2v) is 6.23. The van der Waals surface area contributed by atoms with Gasteiger partial charge in [0, 0.05) is 30.1 Å². The first-order valence-corrected chi connectivity index (χ1v) is 8.91. The third kappa shape index (κ3) is 3.66. The normalized spacial score (nSPS) is 11.2. The molecule has 6 heteroatoms. The second-order valence-electron chi connectivity index (χ2n) is 6.23. The third-order valence-corrected chi connectivity index (χ3v) is 4.39. The van der Waals surface area contributed by atoms with Gasteiger partial charge in [-0.15, -0.1) is 0 Å². The van der Waals surface area contributed by atoms with Crippen LogP contribution in [0.5, 0.6) is 11.5 Å². The van der Waals surface area contributed by atoms with Crippen LogP contribution in [0.3, 0.4) is 0 Å². The molecule has 2 heterocycles. The van der Waals surface area contributed by atoms with E-state index in [-0.39, 0.29) is 5.75 Å². The lowest BCUT2D eigenvalue weighted by Crippen LogP contribution is -1.99. The first kappa shape index (κ1) is 17.6. The minimum atomic E-state index is 0.136. The predicted octanol–water partition coefficient (Wildman–Crippen LogP) is 4.24. The first-order valence-electron chi connectivity index (χ1n) is 8.91. The first-order chi connectivity index (χ1) is 13.7. The smallest absolute Gasteiger partial charge is 0.161 e. The van der Waals surface area contributed by atoms with Crippen molar-refractivity contribution in [3.05, 3.63) is 78.6 Å². The summed E-state index contributed by atoms with van der Waals surface area (Å²) in [7, 11) is 1.54. The number of benzene rings is 2. The van der Waals surface area contributed by atoms with E-state index in [0.717, 1.165) is 28.2 Å². The highest BCUT2D eigenvalue weighted by Crippen LogP contribution is 2.27. The van der Waals surface area contributed by atoms with Crippen molar-refractivity contribution in [1.29, 1.82) is 0 Å². The molecule has 0 spiro atoms. The summed E-state index contributed by atoms with van der Waals surface area (Å²) in [4.78, 5) is 4.31. The standard InChI is InChI=1S/C22H20N4O2/c1-28-21-14-16(7-8-20(21)27)4-3-11-23-18-6-2-5-17(15-18)19-9-12-24-22-10-13-25-26(19)22/h2-10,12-15,23,27H,11H2,1H3/b4-3+. The second kappa shape index (κ2) is 7.84. The number of ether oxygens (including phenoxy) is 1. The molecule has 2 aromatic heterocycles. The number of hydrogen-bond donors (Lipinski definition) is 2. The summed E-state index contributed by atoms with van der Waals surface area (Å²) in [6.45, 7) is 0.667. The summed E-state index contributed by atoms with van der Waals surface area (Å²) in [6, 6.07) is 17.3. The Morgan fingerprint density at radius 2 is 2.04 bits per heavy atom. The van der Waals surface area contributed by atoms with E-state index in [1.165, 1.54) is 7.11 Å². The maximum atomic E-state index is 9.66. The van der Waals surface area contributed by atoms with Crippen molar-refractivity contribution in [3.8, 4) is 22.8 Å². The van der Waals surface area contributed by atoms with Gasteiger partial charge >= 0.3 is 0 Å². The maximum Gasteiger partial charge on any atom is 0.161 e. The van der Waals surface area contributed by atoms with Gasteiger partial charge in [-0.2, -0.15) is 5.10 Å². The fourth-order valence-corrected chi connectivity index (χ4v) is 3.01. The number of methoxy groups -OCH3 is 1. The van der Waals surface area contributed by atoms with Crippen LogP contribution in [0.15, 0.2) is 73.1 Å². The Kier molecular flexibility index (Phi) is 4.93. The zero-order valence-electron chi connectivity index (χ0n) is 15.4. The molecular formula is C22H20N4O2. The molecule has 0 saturated heterocycles. The molecule has 0 saturated carbocycles. The molecule has 6 nitrogen and oxygen atoms in total. The molecule has 4 aromatic rings. The van der Waals surface area contributed by atoms with Crippen LogP contribution >= 0.6 is 0 Å². The van der Waals surface area contributed by atoms with E-state index < -0.39 is 0 Å². The van der Waals surface area contributed by atoms with Crippen LogP contribution in [0, 0.1) is 0 Å². The van der Waals surface area contributed by atoms with E-state index >= 15 is 0 Å². The van der Waals surface area contributed by atoms with E-state index in [1.807, 2.05) is 47.0 Å². The molecule has 0 radical (unpaired) electrons. The Bertz CT molecular complexity index is 1130. The molecule has 4 rings (SSSR count). The highest BCUT2D eigenvalue weighted by atomic mass is 16.5. The van der Waals surface area contributed by atoms with Crippen LogP contribution < -0.4 is 10.1 Å². The summed E-state index contributed by atoms with van der Waals surface area (Å²) in [5, 5.41) is 17.4. The van der Waals surface area contributed by atoms with Crippen molar-refractivity contribution in [3.63, 3.8) is 0 Å². The van der Waals surface area contributed by atoms with Crippen molar-refractivity contribution < 1.29 is 9.84 Å². The highest BCUT2D eigenvalue weighted by Gasteiger charge is 2.05. The van der Waals surface area contributed by atoms with Gasteiger partial charge in [0.05, 0.1) is 19.0 Å². The minimum Gasteiger partial charge on any atom is -0.504 e. The van der Waals surface area contributed by atoms with E-state index in [1.54, 1.807) is 24.5 Å². The summed E-state index contributed by atoms with van der Waals surface area (Å²) in [5.41, 5.74) is 4.85. The van der Waals surface area contributed by atoms with Gasteiger partial charge < -0.3 is 15.2 Å². The van der Waals surface area contributed by atoms with Gasteiger partial charge in [-0.3, -0.25) is 0 Å². The lowest BCUT2D eigenvalue weighted by Gasteiger charge is -2.08. The Labute approximate surface area is 162 Å². The van der Waals surface area contributed by atoms with Crippen LogP contribution in [0.1, 0.15) is 5.56 Å². The molecule has 0 bridgehead atoms. The Hall–Kier alpha value is -3.80. The van der Waals surface area contributed by atoms with Crippen molar-refractivity contribution in [2.75, 3.05) is 19.0 Å². The summed E-state index contributed by atoms with van der Waals surface area (Å²) in [6.07, 6.45) is 7.55. The Balaban J connectivity index is 1.46. The Morgan fingerprint density at radius 3 is 2.93 bits per heavy atom. The number of phenols is 1. The fourth-order valence-electron chi connectivity index (χ4n) is 3.01. The van der Waals surface area contributed by atoms with Gasteiger partial charge in [-0.25, -0.2) is 9.50 Å². The number of fused-ring (bicyclic) bond motifs is 1. The molecule has 2 aromatic carbocycles. The van der Waals surface area contributed by atoms with E-state index in [9.17, 15) is 5.11 Å². The van der Waals surface area contributed by atoms with Gasteiger partial charge in [-0.1, -0.05) is 30.4 Å². The molecule has 2 N–H and O–H groups in total. The van der Waals surface area contributed by atoms with Gasteiger partial charge in [0.25, 0.3) is 0 Å². The third-order valence-electron chi connectivity index (χ3n) is 4.39. The molecule has 0 amide bonds. The van der Waals surface area contributed by atoms with Crippen LogP contribution in [0.2, 0.25) is 0 Å². The quantitative estimate of drug-likeness (QED) is 0.530. The van der Waals surface area contributed by atoms with Gasteiger partial charge in [0.1, 0.15) is 0 Å². The highest BCUT2D eigenvalue weighted by molar-refractivity contribution is 5.67. The van der Waals surface area contributed by atoms with Crippen molar-refractivity contribution in [1.82, 2.24) is 14.6 Å². The molecule has 0 aliphatic heterocycles. The molecular weight excluding hydrogens is 352 g/mol. The number of nitrogens with zero attached hydrogens (tertiary/aromatic N) is 3. The van der Waals surface area contributed by atoms with Crippen LogP contribution in [0.25, 0.3) is 23.0 Å². The lowest BCUT2D eigenvalue weighted by molar-refractivity contribution is 0.373. The van der Waals surface area contributed by atoms with Crippen molar-refractivity contribution in [2.45, 2.75) is 0 Å². The minimum absolute atomic E-state index is 0.136. The topological polar surface area (TPSA) is 71.7 Å². The summed E-state index contributed by atoms with van der Waals surface area (Å²) < 4.78 is 6.96. The van der Waals surface area contributed by atoms with Gasteiger partial charge in [0.2, 0.25) is 0 Å². The molecule has 0 unspecified atom stereocenters. The number of aromatic nitrogens is 3. The largest absolute Gasteiger partial charge is 0.504 e. The summed E-state index contributed by atoms with van der Waals surface area (Å²) in [5.74, 6) is 0.599. The van der Waals surface area contributed by atoms with Crippen LogP contribution in [-0.2, 0) is 0 Å². The predicted molar refractivity (Wildman–Crippen MR) is 111 cm³/mol. The van der Waals surface area contributed by atoms with Crippen molar-refractivity contribution in [2.24, 2.45) is 0 Å². The average molecular weight is 372 g/mol. The SMILES string of the molecule is COc1cc(/C=C/CNc2cccc(-c3ccnc4ccnn34)c2)ccc1O. The van der Waals surface area contributed by atoms with Gasteiger partial charge in [-0.05, 0) is 35.9 Å².